The molecule has 0 aliphatic heterocycles. The molecule has 0 unspecified atom stereocenters. The number of aromatic nitrogens is 2. The number of pyridine rings is 1. The van der Waals surface area contributed by atoms with E-state index in [9.17, 15) is 0 Å². The van der Waals surface area contributed by atoms with Crippen LogP contribution in [0, 0.1) is 13.8 Å². The van der Waals surface area contributed by atoms with Crippen LogP contribution in [-0.4, -0.2) is 9.38 Å². The number of thiophene rings is 1. The molecule has 0 amide bonds. The van der Waals surface area contributed by atoms with E-state index in [2.05, 4.69) is 73.0 Å². The fraction of sp³-hybridized carbons (Fsp3) is 0.0870. The molecule has 6 aromatic rings. The summed E-state index contributed by atoms with van der Waals surface area (Å²) in [5.74, 6) is 0. The van der Waals surface area contributed by atoms with Gasteiger partial charge in [0.25, 0.3) is 0 Å². The van der Waals surface area contributed by atoms with Crippen molar-refractivity contribution in [1.82, 2.24) is 9.38 Å². The van der Waals surface area contributed by atoms with E-state index in [1.165, 1.54) is 53.0 Å². The number of hydrogen-bond acceptors (Lipinski definition) is 2. The predicted octanol–water partition coefficient (Wildman–Crippen LogP) is 6.63. The summed E-state index contributed by atoms with van der Waals surface area (Å²) in [4.78, 5) is 6.10. The molecule has 6 rings (SSSR count). The molecule has 0 aliphatic rings. The fourth-order valence-corrected chi connectivity index (χ4v) is 5.31. The van der Waals surface area contributed by atoms with Crippen molar-refractivity contribution in [1.29, 1.82) is 0 Å². The maximum Gasteiger partial charge on any atom is 0.145 e. The van der Waals surface area contributed by atoms with Gasteiger partial charge in [0.2, 0.25) is 0 Å². The van der Waals surface area contributed by atoms with E-state index >= 15 is 0 Å². The van der Waals surface area contributed by atoms with Gasteiger partial charge in [-0.2, -0.15) is 0 Å². The van der Waals surface area contributed by atoms with Crippen LogP contribution in [0.15, 0.2) is 60.9 Å². The second kappa shape index (κ2) is 4.83. The molecule has 0 fully saturated rings. The number of benzene rings is 3. The van der Waals surface area contributed by atoms with Gasteiger partial charge in [0.05, 0.1) is 5.52 Å². The quantitative estimate of drug-likeness (QED) is 0.222. The monoisotopic (exact) mass is 352 g/mol. The van der Waals surface area contributed by atoms with Crippen molar-refractivity contribution in [2.45, 2.75) is 13.8 Å². The molecule has 0 saturated heterocycles. The zero-order valence-electron chi connectivity index (χ0n) is 14.6. The van der Waals surface area contributed by atoms with E-state index in [1.807, 2.05) is 17.5 Å². The number of nitrogens with zero attached hydrogens (tertiary/aromatic N) is 2. The topological polar surface area (TPSA) is 17.3 Å². The highest BCUT2D eigenvalue weighted by atomic mass is 32.1. The lowest BCUT2D eigenvalue weighted by molar-refractivity contribution is 1.28. The molecular weight excluding hydrogens is 336 g/mol. The third-order valence-electron chi connectivity index (χ3n) is 5.60. The van der Waals surface area contributed by atoms with Crippen LogP contribution in [0.25, 0.3) is 48.2 Å². The van der Waals surface area contributed by atoms with E-state index in [-0.39, 0.29) is 0 Å². The van der Waals surface area contributed by atoms with Gasteiger partial charge in [0.1, 0.15) is 5.65 Å². The maximum absolute atomic E-state index is 4.71. The van der Waals surface area contributed by atoms with Crippen LogP contribution in [0.2, 0.25) is 0 Å². The van der Waals surface area contributed by atoms with Crippen LogP contribution >= 0.6 is 11.3 Å². The number of fused-ring (bicyclic) bond motifs is 9. The fourth-order valence-electron chi connectivity index (χ4n) is 4.24. The Hall–Kier alpha value is -2.91. The molecule has 3 heterocycles. The van der Waals surface area contributed by atoms with Crippen molar-refractivity contribution in [2.24, 2.45) is 0 Å². The van der Waals surface area contributed by atoms with E-state index in [0.29, 0.717) is 0 Å². The Labute approximate surface area is 154 Å². The first kappa shape index (κ1) is 14.3. The van der Waals surface area contributed by atoms with Gasteiger partial charge < -0.3 is 0 Å². The van der Waals surface area contributed by atoms with Crippen molar-refractivity contribution in [2.75, 3.05) is 0 Å². The summed E-state index contributed by atoms with van der Waals surface area (Å²) in [7, 11) is 0. The average Bonchev–Trinajstić information content (AvgIpc) is 3.26. The van der Waals surface area contributed by atoms with Gasteiger partial charge in [-0.25, -0.2) is 4.98 Å². The van der Waals surface area contributed by atoms with Crippen LogP contribution in [-0.2, 0) is 0 Å². The molecule has 0 aliphatic carbocycles. The van der Waals surface area contributed by atoms with E-state index in [0.717, 1.165) is 5.65 Å². The Kier molecular flexibility index (Phi) is 2.65. The molecule has 0 saturated carbocycles. The number of imidazole rings is 1. The lowest BCUT2D eigenvalue weighted by Crippen LogP contribution is -1.92. The molecule has 3 heteroatoms. The van der Waals surface area contributed by atoms with Crippen molar-refractivity contribution in [3.63, 3.8) is 0 Å². The minimum atomic E-state index is 1.04. The Morgan fingerprint density at radius 3 is 2.46 bits per heavy atom. The summed E-state index contributed by atoms with van der Waals surface area (Å²) in [5.41, 5.74) is 3.69. The highest BCUT2D eigenvalue weighted by Gasteiger charge is 2.16. The van der Waals surface area contributed by atoms with Crippen molar-refractivity contribution < 1.29 is 0 Å². The van der Waals surface area contributed by atoms with Crippen LogP contribution in [0.1, 0.15) is 10.4 Å². The molecule has 0 radical (unpaired) electrons. The molecule has 0 atom stereocenters. The lowest BCUT2D eigenvalue weighted by atomic mass is 9.99. The zero-order valence-corrected chi connectivity index (χ0v) is 15.4. The molecule has 3 aromatic heterocycles. The molecule has 0 spiro atoms. The highest BCUT2D eigenvalue weighted by Crippen LogP contribution is 2.40. The van der Waals surface area contributed by atoms with Crippen LogP contribution < -0.4 is 0 Å². The summed E-state index contributed by atoms with van der Waals surface area (Å²) >= 11 is 1.88. The summed E-state index contributed by atoms with van der Waals surface area (Å²) in [6, 6.07) is 17.7. The predicted molar refractivity (Wildman–Crippen MR) is 113 cm³/mol. The molecule has 3 aromatic carbocycles. The van der Waals surface area contributed by atoms with Gasteiger partial charge in [-0.1, -0.05) is 30.3 Å². The summed E-state index contributed by atoms with van der Waals surface area (Å²) in [5, 5.41) is 7.68. The summed E-state index contributed by atoms with van der Waals surface area (Å²) < 4.78 is 3.62. The lowest BCUT2D eigenvalue weighted by Gasteiger charge is -2.11. The summed E-state index contributed by atoms with van der Waals surface area (Å²) in [6.45, 7) is 4.45. The highest BCUT2D eigenvalue weighted by molar-refractivity contribution is 7.19. The normalized spacial score (nSPS) is 12.2. The Morgan fingerprint density at radius 2 is 1.65 bits per heavy atom. The first-order valence-corrected chi connectivity index (χ1v) is 9.64. The largest absolute Gasteiger partial charge is 0.298 e. The standard InChI is InChI=1S/C23H16N2S/c1-13-14(2)26-20-8-7-17-18-11-15-5-3-4-6-16(15)12-19(18)23-24-9-10-25(23)22(17)21(13)20/h3-12H,1-2H3. The van der Waals surface area contributed by atoms with Gasteiger partial charge >= 0.3 is 0 Å². The number of hydrogen-bond donors (Lipinski definition) is 0. The maximum atomic E-state index is 4.71. The van der Waals surface area contributed by atoms with Crippen LogP contribution in [0.4, 0.5) is 0 Å². The SMILES string of the molecule is Cc1sc2ccc3c4cc5ccccc5cc4c4nccn4c3c2c1C. The van der Waals surface area contributed by atoms with E-state index in [1.54, 1.807) is 0 Å². The van der Waals surface area contributed by atoms with Gasteiger partial charge in [-0.15, -0.1) is 11.3 Å². The smallest absolute Gasteiger partial charge is 0.145 e. The first-order valence-electron chi connectivity index (χ1n) is 8.82. The molecule has 0 bridgehead atoms. The van der Waals surface area contributed by atoms with Crippen molar-refractivity contribution >= 4 is 59.5 Å². The van der Waals surface area contributed by atoms with E-state index < -0.39 is 0 Å². The van der Waals surface area contributed by atoms with Crippen molar-refractivity contribution in [3.8, 4) is 0 Å². The second-order valence-electron chi connectivity index (χ2n) is 6.98. The zero-order chi connectivity index (χ0) is 17.4. The van der Waals surface area contributed by atoms with E-state index in [4.69, 9.17) is 4.98 Å². The average molecular weight is 352 g/mol. The minimum Gasteiger partial charge on any atom is -0.298 e. The van der Waals surface area contributed by atoms with Gasteiger partial charge in [-0.05, 0) is 53.8 Å². The second-order valence-corrected chi connectivity index (χ2v) is 8.24. The first-order chi connectivity index (χ1) is 12.7. The third kappa shape index (κ3) is 1.68. The van der Waals surface area contributed by atoms with Crippen LogP contribution in [0.3, 0.4) is 0 Å². The number of aryl methyl sites for hydroxylation is 2. The van der Waals surface area contributed by atoms with Crippen LogP contribution in [0.5, 0.6) is 0 Å². The molecule has 0 N–H and O–H groups in total. The Morgan fingerprint density at radius 1 is 0.885 bits per heavy atom. The Balaban J connectivity index is 2.00. The third-order valence-corrected chi connectivity index (χ3v) is 6.78. The molecular formula is C23H16N2S. The van der Waals surface area contributed by atoms with Crippen molar-refractivity contribution in [3.05, 3.63) is 71.4 Å². The van der Waals surface area contributed by atoms with Gasteiger partial charge in [0.15, 0.2) is 0 Å². The minimum absolute atomic E-state index is 1.04. The Bertz CT molecular complexity index is 1500. The molecule has 26 heavy (non-hydrogen) atoms. The number of rotatable bonds is 0. The molecule has 2 nitrogen and oxygen atoms in total. The van der Waals surface area contributed by atoms with Gasteiger partial charge in [0, 0.05) is 38.1 Å². The van der Waals surface area contributed by atoms with Gasteiger partial charge in [-0.3, -0.25) is 4.40 Å². The molecule has 124 valence electrons. The summed E-state index contributed by atoms with van der Waals surface area (Å²) in [6.07, 6.45) is 4.01.